The molecule has 2 rings (SSSR count). The van der Waals surface area contributed by atoms with Crippen LogP contribution in [0.3, 0.4) is 0 Å². The van der Waals surface area contributed by atoms with E-state index in [1.165, 1.54) is 16.7 Å². The van der Waals surface area contributed by atoms with Crippen molar-refractivity contribution >= 4 is 11.6 Å². The van der Waals surface area contributed by atoms with Crippen LogP contribution in [0.25, 0.3) is 0 Å². The molecular formula is C16H18ClN. The van der Waals surface area contributed by atoms with E-state index in [1.807, 2.05) is 12.1 Å². The van der Waals surface area contributed by atoms with Crippen LogP contribution in [0, 0.1) is 6.92 Å². The highest BCUT2D eigenvalue weighted by atomic mass is 35.5. The lowest BCUT2D eigenvalue weighted by atomic mass is 10.1. The van der Waals surface area contributed by atoms with E-state index in [2.05, 4.69) is 55.6 Å². The molecule has 0 aromatic heterocycles. The molecule has 2 aromatic rings. The highest BCUT2D eigenvalue weighted by Crippen LogP contribution is 2.15. The van der Waals surface area contributed by atoms with E-state index in [-0.39, 0.29) is 0 Å². The van der Waals surface area contributed by atoms with Gasteiger partial charge in [0.15, 0.2) is 0 Å². The van der Waals surface area contributed by atoms with Crippen molar-refractivity contribution in [2.45, 2.75) is 26.4 Å². The molecule has 0 saturated carbocycles. The predicted molar refractivity (Wildman–Crippen MR) is 77.9 cm³/mol. The van der Waals surface area contributed by atoms with Gasteiger partial charge in [-0.3, -0.25) is 0 Å². The average Bonchev–Trinajstić information content (AvgIpc) is 2.38. The molecule has 0 radical (unpaired) electrons. The van der Waals surface area contributed by atoms with Gasteiger partial charge in [0.1, 0.15) is 0 Å². The monoisotopic (exact) mass is 259 g/mol. The van der Waals surface area contributed by atoms with Gasteiger partial charge in [-0.15, -0.1) is 0 Å². The van der Waals surface area contributed by atoms with Crippen molar-refractivity contribution in [1.29, 1.82) is 0 Å². The minimum absolute atomic E-state index is 0.348. The molecule has 0 saturated heterocycles. The van der Waals surface area contributed by atoms with E-state index in [4.69, 9.17) is 11.6 Å². The number of hydrogen-bond acceptors (Lipinski definition) is 1. The lowest BCUT2D eigenvalue weighted by Crippen LogP contribution is -2.18. The zero-order chi connectivity index (χ0) is 13.0. The number of hydrogen-bond donors (Lipinski definition) is 1. The molecule has 0 bridgehead atoms. The summed E-state index contributed by atoms with van der Waals surface area (Å²) in [6.45, 7) is 5.16. The first-order valence-corrected chi connectivity index (χ1v) is 6.57. The van der Waals surface area contributed by atoms with Gasteiger partial charge in [0, 0.05) is 17.6 Å². The summed E-state index contributed by atoms with van der Waals surface area (Å²) in [6.07, 6.45) is 0. The van der Waals surface area contributed by atoms with E-state index in [0.717, 1.165) is 11.6 Å². The summed E-state index contributed by atoms with van der Waals surface area (Å²) < 4.78 is 0. The Bertz CT molecular complexity index is 505. The maximum Gasteiger partial charge on any atom is 0.0406 e. The van der Waals surface area contributed by atoms with Crippen LogP contribution in [0.4, 0.5) is 0 Å². The van der Waals surface area contributed by atoms with Crippen molar-refractivity contribution in [1.82, 2.24) is 5.32 Å². The van der Waals surface area contributed by atoms with Crippen LogP contribution in [-0.2, 0) is 6.54 Å². The Morgan fingerprint density at radius 2 is 1.83 bits per heavy atom. The molecule has 1 nitrogen and oxygen atoms in total. The third-order valence-corrected chi connectivity index (χ3v) is 3.32. The summed E-state index contributed by atoms with van der Waals surface area (Å²) in [7, 11) is 0. The SMILES string of the molecule is Cc1cccc(C(C)NCc2ccc(Cl)cc2)c1. The highest BCUT2D eigenvalue weighted by molar-refractivity contribution is 6.30. The predicted octanol–water partition coefficient (Wildman–Crippen LogP) is 4.50. The van der Waals surface area contributed by atoms with Gasteiger partial charge in [-0.25, -0.2) is 0 Å². The Labute approximate surface area is 114 Å². The average molecular weight is 260 g/mol. The van der Waals surface area contributed by atoms with E-state index in [9.17, 15) is 0 Å². The van der Waals surface area contributed by atoms with Crippen LogP contribution in [0.1, 0.15) is 29.7 Å². The van der Waals surface area contributed by atoms with Crippen molar-refractivity contribution in [3.63, 3.8) is 0 Å². The fourth-order valence-electron chi connectivity index (χ4n) is 1.93. The first-order valence-electron chi connectivity index (χ1n) is 6.19. The van der Waals surface area contributed by atoms with E-state index >= 15 is 0 Å². The standard InChI is InChI=1S/C16H18ClN/c1-12-4-3-5-15(10-12)13(2)18-11-14-6-8-16(17)9-7-14/h3-10,13,18H,11H2,1-2H3. The molecule has 0 spiro atoms. The molecular weight excluding hydrogens is 242 g/mol. The molecule has 1 unspecified atom stereocenters. The normalized spacial score (nSPS) is 12.4. The van der Waals surface area contributed by atoms with Gasteiger partial charge in [-0.1, -0.05) is 53.6 Å². The van der Waals surface area contributed by atoms with Crippen LogP contribution >= 0.6 is 11.6 Å². The van der Waals surface area contributed by atoms with Crippen LogP contribution in [0.5, 0.6) is 0 Å². The molecule has 0 amide bonds. The molecule has 1 atom stereocenters. The fourth-order valence-corrected chi connectivity index (χ4v) is 2.06. The van der Waals surface area contributed by atoms with Gasteiger partial charge in [0.2, 0.25) is 0 Å². The summed E-state index contributed by atoms with van der Waals surface area (Å²) in [5.41, 5.74) is 3.87. The van der Waals surface area contributed by atoms with Gasteiger partial charge in [-0.2, -0.15) is 0 Å². The second kappa shape index (κ2) is 6.03. The summed E-state index contributed by atoms with van der Waals surface area (Å²) in [6, 6.07) is 16.9. The van der Waals surface area contributed by atoms with Crippen molar-refractivity contribution in [2.24, 2.45) is 0 Å². The third-order valence-electron chi connectivity index (χ3n) is 3.07. The molecule has 1 N–H and O–H groups in total. The van der Waals surface area contributed by atoms with E-state index < -0.39 is 0 Å². The Morgan fingerprint density at radius 3 is 2.50 bits per heavy atom. The van der Waals surface area contributed by atoms with Crippen LogP contribution in [0.2, 0.25) is 5.02 Å². The highest BCUT2D eigenvalue weighted by Gasteiger charge is 2.04. The van der Waals surface area contributed by atoms with Gasteiger partial charge < -0.3 is 5.32 Å². The number of nitrogens with one attached hydrogen (secondary N) is 1. The van der Waals surface area contributed by atoms with E-state index in [0.29, 0.717) is 6.04 Å². The smallest absolute Gasteiger partial charge is 0.0406 e. The lowest BCUT2D eigenvalue weighted by molar-refractivity contribution is 0.574. The molecule has 2 aromatic carbocycles. The lowest BCUT2D eigenvalue weighted by Gasteiger charge is -2.15. The number of aryl methyl sites for hydroxylation is 1. The quantitative estimate of drug-likeness (QED) is 0.853. The van der Waals surface area contributed by atoms with Gasteiger partial charge in [0.05, 0.1) is 0 Å². The zero-order valence-electron chi connectivity index (χ0n) is 10.8. The van der Waals surface area contributed by atoms with Crippen molar-refractivity contribution in [3.8, 4) is 0 Å². The minimum Gasteiger partial charge on any atom is -0.306 e. The molecule has 2 heteroatoms. The Kier molecular flexibility index (Phi) is 4.40. The molecule has 0 aliphatic heterocycles. The second-order valence-corrected chi connectivity index (χ2v) is 5.08. The number of benzene rings is 2. The minimum atomic E-state index is 0.348. The summed E-state index contributed by atoms with van der Waals surface area (Å²) >= 11 is 5.87. The second-order valence-electron chi connectivity index (χ2n) is 4.64. The van der Waals surface area contributed by atoms with Gasteiger partial charge >= 0.3 is 0 Å². The molecule has 0 aliphatic carbocycles. The molecule has 18 heavy (non-hydrogen) atoms. The first-order chi connectivity index (χ1) is 8.65. The molecule has 94 valence electrons. The Balaban J connectivity index is 1.96. The largest absolute Gasteiger partial charge is 0.306 e. The van der Waals surface area contributed by atoms with Crippen LogP contribution in [-0.4, -0.2) is 0 Å². The van der Waals surface area contributed by atoms with Crippen molar-refractivity contribution < 1.29 is 0 Å². The molecule has 0 fully saturated rings. The number of rotatable bonds is 4. The number of halogens is 1. The summed E-state index contributed by atoms with van der Waals surface area (Å²) in [4.78, 5) is 0. The summed E-state index contributed by atoms with van der Waals surface area (Å²) in [5, 5.41) is 4.30. The third kappa shape index (κ3) is 3.59. The maximum absolute atomic E-state index is 5.87. The van der Waals surface area contributed by atoms with Crippen LogP contribution < -0.4 is 5.32 Å². The molecule has 0 aliphatic rings. The van der Waals surface area contributed by atoms with Crippen LogP contribution in [0.15, 0.2) is 48.5 Å². The Hall–Kier alpha value is -1.31. The summed E-state index contributed by atoms with van der Waals surface area (Å²) in [5.74, 6) is 0. The topological polar surface area (TPSA) is 12.0 Å². The van der Waals surface area contributed by atoms with Gasteiger partial charge in [0.25, 0.3) is 0 Å². The molecule has 0 heterocycles. The van der Waals surface area contributed by atoms with Crippen molar-refractivity contribution in [2.75, 3.05) is 0 Å². The Morgan fingerprint density at radius 1 is 1.11 bits per heavy atom. The first kappa shape index (κ1) is 13.1. The zero-order valence-corrected chi connectivity index (χ0v) is 11.5. The van der Waals surface area contributed by atoms with E-state index in [1.54, 1.807) is 0 Å². The maximum atomic E-state index is 5.87. The fraction of sp³-hybridized carbons (Fsp3) is 0.250. The van der Waals surface area contributed by atoms with Crippen molar-refractivity contribution in [3.05, 3.63) is 70.2 Å². The van der Waals surface area contributed by atoms with Gasteiger partial charge in [-0.05, 0) is 37.1 Å².